The molecule has 0 amide bonds. The van der Waals surface area contributed by atoms with E-state index >= 15 is 0 Å². The van der Waals surface area contributed by atoms with Gasteiger partial charge in [-0.15, -0.1) is 11.3 Å². The maximum absolute atomic E-state index is 10.4. The van der Waals surface area contributed by atoms with Crippen LogP contribution in [-0.4, -0.2) is 42.2 Å². The van der Waals surface area contributed by atoms with Crippen molar-refractivity contribution in [1.29, 1.82) is 0 Å². The van der Waals surface area contributed by atoms with E-state index < -0.39 is 0 Å². The predicted molar refractivity (Wildman–Crippen MR) is 84.1 cm³/mol. The van der Waals surface area contributed by atoms with E-state index in [1.165, 1.54) is 32.4 Å². The van der Waals surface area contributed by atoms with Crippen molar-refractivity contribution in [2.45, 2.75) is 44.8 Å². The van der Waals surface area contributed by atoms with Crippen molar-refractivity contribution < 1.29 is 5.11 Å². The fourth-order valence-electron chi connectivity index (χ4n) is 3.72. The van der Waals surface area contributed by atoms with Crippen LogP contribution in [0.1, 0.15) is 43.6 Å². The van der Waals surface area contributed by atoms with E-state index in [9.17, 15) is 5.11 Å². The van der Waals surface area contributed by atoms with Crippen molar-refractivity contribution in [3.05, 3.63) is 22.4 Å². The van der Waals surface area contributed by atoms with Crippen LogP contribution in [0.4, 0.5) is 0 Å². The zero-order valence-electron chi connectivity index (χ0n) is 12.3. The molecule has 20 heavy (non-hydrogen) atoms. The number of aliphatic hydroxyl groups is 1. The van der Waals surface area contributed by atoms with Crippen LogP contribution in [0.3, 0.4) is 0 Å². The summed E-state index contributed by atoms with van der Waals surface area (Å²) in [6.07, 6.45) is 4.42. The Bertz CT molecular complexity index is 414. The molecule has 3 unspecified atom stereocenters. The van der Waals surface area contributed by atoms with Gasteiger partial charge in [0.1, 0.15) is 0 Å². The van der Waals surface area contributed by atoms with Crippen molar-refractivity contribution in [3.63, 3.8) is 0 Å². The van der Waals surface area contributed by atoms with Gasteiger partial charge in [0.2, 0.25) is 0 Å². The monoisotopic (exact) mass is 294 g/mol. The summed E-state index contributed by atoms with van der Waals surface area (Å²) in [4.78, 5) is 3.75. The average Bonchev–Trinajstić information content (AvgIpc) is 3.12. The normalized spacial score (nSPS) is 32.8. The minimum atomic E-state index is -0.282. The third kappa shape index (κ3) is 3.25. The Labute approximate surface area is 126 Å². The van der Waals surface area contributed by atoms with Crippen LogP contribution < -0.4 is 5.32 Å². The van der Waals surface area contributed by atoms with Crippen molar-refractivity contribution in [2.24, 2.45) is 5.41 Å². The SMILES string of the molecule is CC1(CN2CCCC2CC(O)c2cccs2)CCNC1. The first-order valence-electron chi connectivity index (χ1n) is 7.83. The molecule has 2 aliphatic rings. The van der Waals surface area contributed by atoms with Crippen molar-refractivity contribution in [1.82, 2.24) is 10.2 Å². The molecule has 3 nitrogen and oxygen atoms in total. The first kappa shape index (κ1) is 14.5. The van der Waals surface area contributed by atoms with Gasteiger partial charge in [-0.2, -0.15) is 0 Å². The van der Waals surface area contributed by atoms with Crippen molar-refractivity contribution >= 4 is 11.3 Å². The molecule has 0 bridgehead atoms. The lowest BCUT2D eigenvalue weighted by molar-refractivity contribution is 0.101. The molecule has 0 spiro atoms. The third-order valence-corrected chi connectivity index (χ3v) is 5.88. The predicted octanol–water partition coefficient (Wildman–Crippen LogP) is 2.64. The number of nitrogens with zero attached hydrogens (tertiary/aromatic N) is 1. The highest BCUT2D eigenvalue weighted by Crippen LogP contribution is 2.33. The van der Waals surface area contributed by atoms with E-state index in [2.05, 4.69) is 28.6 Å². The van der Waals surface area contributed by atoms with Crippen molar-refractivity contribution in [2.75, 3.05) is 26.2 Å². The summed E-state index contributed by atoms with van der Waals surface area (Å²) in [6, 6.07) is 4.64. The van der Waals surface area contributed by atoms with Gasteiger partial charge in [-0.05, 0) is 55.6 Å². The summed E-state index contributed by atoms with van der Waals surface area (Å²) in [5.74, 6) is 0. The lowest BCUT2D eigenvalue weighted by atomic mass is 9.88. The number of hydrogen-bond acceptors (Lipinski definition) is 4. The number of likely N-dealkylation sites (tertiary alicyclic amines) is 1. The summed E-state index contributed by atoms with van der Waals surface area (Å²) < 4.78 is 0. The lowest BCUT2D eigenvalue weighted by Gasteiger charge is -2.33. The Kier molecular flexibility index (Phi) is 4.46. The van der Waals surface area contributed by atoms with E-state index in [-0.39, 0.29) is 6.10 Å². The lowest BCUT2D eigenvalue weighted by Crippen LogP contribution is -2.40. The highest BCUT2D eigenvalue weighted by molar-refractivity contribution is 7.10. The number of hydrogen-bond donors (Lipinski definition) is 2. The highest BCUT2D eigenvalue weighted by atomic mass is 32.1. The molecule has 4 heteroatoms. The van der Waals surface area contributed by atoms with Gasteiger partial charge in [-0.1, -0.05) is 13.0 Å². The second-order valence-electron chi connectivity index (χ2n) is 6.77. The van der Waals surface area contributed by atoms with E-state index in [4.69, 9.17) is 0 Å². The second-order valence-corrected chi connectivity index (χ2v) is 7.75. The summed E-state index contributed by atoms with van der Waals surface area (Å²) in [7, 11) is 0. The molecule has 1 aromatic heterocycles. The van der Waals surface area contributed by atoms with Gasteiger partial charge >= 0.3 is 0 Å². The summed E-state index contributed by atoms with van der Waals surface area (Å²) in [6.45, 7) is 7.09. The smallest absolute Gasteiger partial charge is 0.0896 e. The van der Waals surface area contributed by atoms with Gasteiger partial charge in [0.25, 0.3) is 0 Å². The standard InChI is InChI=1S/C16H26N2OS/c1-16(6-7-17-11-16)12-18-8-2-4-13(18)10-14(19)15-5-3-9-20-15/h3,5,9,13-14,17,19H,2,4,6-8,10-12H2,1H3. The van der Waals surface area contributed by atoms with Gasteiger partial charge in [0.05, 0.1) is 6.10 Å². The molecular weight excluding hydrogens is 268 g/mol. The Morgan fingerprint density at radius 1 is 1.60 bits per heavy atom. The molecule has 0 aromatic carbocycles. The largest absolute Gasteiger partial charge is 0.388 e. The number of thiophene rings is 1. The molecule has 1 aromatic rings. The first-order chi connectivity index (χ1) is 9.66. The van der Waals surface area contributed by atoms with Crippen LogP contribution in [0.2, 0.25) is 0 Å². The first-order valence-corrected chi connectivity index (χ1v) is 8.70. The average molecular weight is 294 g/mol. The summed E-state index contributed by atoms with van der Waals surface area (Å²) >= 11 is 1.67. The van der Waals surface area contributed by atoms with Crippen LogP contribution in [0.5, 0.6) is 0 Å². The fraction of sp³-hybridized carbons (Fsp3) is 0.750. The zero-order valence-corrected chi connectivity index (χ0v) is 13.2. The molecular formula is C16H26N2OS. The molecule has 2 fully saturated rings. The van der Waals surface area contributed by atoms with E-state index in [1.807, 2.05) is 6.07 Å². The number of nitrogens with one attached hydrogen (secondary N) is 1. The molecule has 3 atom stereocenters. The fourth-order valence-corrected chi connectivity index (χ4v) is 4.44. The van der Waals surface area contributed by atoms with Crippen LogP contribution in [-0.2, 0) is 0 Å². The van der Waals surface area contributed by atoms with Crippen LogP contribution in [0, 0.1) is 5.41 Å². The van der Waals surface area contributed by atoms with E-state index in [1.54, 1.807) is 11.3 Å². The Hall–Kier alpha value is -0.420. The Morgan fingerprint density at radius 2 is 2.50 bits per heavy atom. The van der Waals surface area contributed by atoms with E-state index in [0.29, 0.717) is 11.5 Å². The molecule has 3 rings (SSSR count). The molecule has 3 heterocycles. The van der Waals surface area contributed by atoms with E-state index in [0.717, 1.165) is 24.4 Å². The maximum atomic E-state index is 10.4. The molecule has 112 valence electrons. The molecule has 2 aliphatic heterocycles. The van der Waals surface area contributed by atoms with Gasteiger partial charge in [0, 0.05) is 24.0 Å². The highest BCUT2D eigenvalue weighted by Gasteiger charge is 2.35. The van der Waals surface area contributed by atoms with Gasteiger partial charge < -0.3 is 10.4 Å². The quantitative estimate of drug-likeness (QED) is 0.876. The van der Waals surface area contributed by atoms with Crippen molar-refractivity contribution in [3.8, 4) is 0 Å². The van der Waals surface area contributed by atoms with Gasteiger partial charge in [-0.25, -0.2) is 0 Å². The van der Waals surface area contributed by atoms with Gasteiger partial charge in [-0.3, -0.25) is 4.90 Å². The molecule has 2 N–H and O–H groups in total. The van der Waals surface area contributed by atoms with Gasteiger partial charge in [0.15, 0.2) is 0 Å². The Morgan fingerprint density at radius 3 is 3.20 bits per heavy atom. The topological polar surface area (TPSA) is 35.5 Å². The maximum Gasteiger partial charge on any atom is 0.0896 e. The minimum absolute atomic E-state index is 0.282. The number of aliphatic hydroxyl groups excluding tert-OH is 1. The molecule has 0 aliphatic carbocycles. The van der Waals surface area contributed by atoms with Crippen LogP contribution >= 0.6 is 11.3 Å². The minimum Gasteiger partial charge on any atom is -0.388 e. The Balaban J connectivity index is 1.58. The third-order valence-electron chi connectivity index (χ3n) is 4.91. The molecule has 2 saturated heterocycles. The summed E-state index contributed by atoms with van der Waals surface area (Å²) in [5.41, 5.74) is 0.427. The summed E-state index contributed by atoms with van der Waals surface area (Å²) in [5, 5.41) is 15.9. The number of rotatable bonds is 5. The zero-order chi connectivity index (χ0) is 14.0. The molecule has 0 saturated carbocycles. The second kappa shape index (κ2) is 6.14. The van der Waals surface area contributed by atoms with Crippen LogP contribution in [0.25, 0.3) is 0 Å². The van der Waals surface area contributed by atoms with Crippen LogP contribution in [0.15, 0.2) is 17.5 Å². The molecule has 0 radical (unpaired) electrons.